The number of rotatable bonds is 5. The highest BCUT2D eigenvalue weighted by atomic mass is 35.5. The molecule has 1 amide bonds. The SMILES string of the molecule is C[N+](C)(Cc1ccc(NC(=O)c2ccc(Cl)cc2Cl)cc1)C1CCOCC1.[Cl-]. The van der Waals surface area contributed by atoms with E-state index in [1.165, 1.54) is 5.56 Å². The third kappa shape index (κ3) is 5.85. The molecular weight excluding hydrogens is 419 g/mol. The van der Waals surface area contributed by atoms with Crippen molar-refractivity contribution in [1.29, 1.82) is 0 Å². The second kappa shape index (κ2) is 9.95. The van der Waals surface area contributed by atoms with Gasteiger partial charge in [0, 0.05) is 29.1 Å². The van der Waals surface area contributed by atoms with Crippen LogP contribution in [0.2, 0.25) is 10.0 Å². The maximum Gasteiger partial charge on any atom is 0.257 e. The maximum atomic E-state index is 12.4. The van der Waals surface area contributed by atoms with Crippen molar-refractivity contribution in [3.05, 3.63) is 63.6 Å². The summed E-state index contributed by atoms with van der Waals surface area (Å²) in [5, 5.41) is 3.73. The van der Waals surface area contributed by atoms with Gasteiger partial charge in [-0.1, -0.05) is 35.3 Å². The van der Waals surface area contributed by atoms with Gasteiger partial charge in [0.25, 0.3) is 5.91 Å². The smallest absolute Gasteiger partial charge is 0.257 e. The standard InChI is InChI=1S/C21H24Cl2N2O2.ClH/c1-25(2,18-9-11-27-12-10-18)14-15-3-6-17(7-4-15)24-21(26)19-8-5-16(22)13-20(19)23;/h3-8,13,18H,9-12,14H2,1-2H3;1H. The van der Waals surface area contributed by atoms with Crippen molar-refractivity contribution in [3.63, 3.8) is 0 Å². The minimum absolute atomic E-state index is 0. The third-order valence-corrected chi connectivity index (χ3v) is 5.70. The summed E-state index contributed by atoms with van der Waals surface area (Å²) in [6, 6.07) is 13.5. The Balaban J connectivity index is 0.00000280. The summed E-state index contributed by atoms with van der Waals surface area (Å²) in [5.74, 6) is -0.247. The highest BCUT2D eigenvalue weighted by Gasteiger charge is 2.30. The van der Waals surface area contributed by atoms with E-state index in [4.69, 9.17) is 27.9 Å². The lowest BCUT2D eigenvalue weighted by atomic mass is 10.0. The molecular formula is C21H25Cl3N2O2. The minimum Gasteiger partial charge on any atom is -1.00 e. The summed E-state index contributed by atoms with van der Waals surface area (Å²) >= 11 is 12.0. The molecule has 1 N–H and O–H groups in total. The van der Waals surface area contributed by atoms with Crippen molar-refractivity contribution >= 4 is 34.8 Å². The average Bonchev–Trinajstić information content (AvgIpc) is 2.64. The number of quaternary nitrogens is 1. The van der Waals surface area contributed by atoms with Crippen molar-refractivity contribution in [2.24, 2.45) is 0 Å². The first-order valence-corrected chi connectivity index (χ1v) is 9.86. The van der Waals surface area contributed by atoms with Gasteiger partial charge in [-0.25, -0.2) is 0 Å². The Labute approximate surface area is 182 Å². The topological polar surface area (TPSA) is 38.3 Å². The highest BCUT2D eigenvalue weighted by Crippen LogP contribution is 2.24. The van der Waals surface area contributed by atoms with Gasteiger partial charge in [0.1, 0.15) is 6.54 Å². The van der Waals surface area contributed by atoms with E-state index < -0.39 is 0 Å². The van der Waals surface area contributed by atoms with Crippen LogP contribution in [0.1, 0.15) is 28.8 Å². The van der Waals surface area contributed by atoms with Crippen LogP contribution in [0.4, 0.5) is 5.69 Å². The van der Waals surface area contributed by atoms with Crippen LogP contribution >= 0.6 is 23.2 Å². The molecule has 152 valence electrons. The number of carbonyl (C=O) groups excluding carboxylic acids is 1. The normalized spacial score (nSPS) is 15.0. The molecule has 28 heavy (non-hydrogen) atoms. The van der Waals surface area contributed by atoms with E-state index in [-0.39, 0.29) is 18.3 Å². The number of halogens is 3. The molecule has 0 aromatic heterocycles. The van der Waals surface area contributed by atoms with Crippen LogP contribution in [0.25, 0.3) is 0 Å². The molecule has 1 aliphatic heterocycles. The molecule has 1 fully saturated rings. The lowest BCUT2D eigenvalue weighted by Crippen LogP contribution is -3.00. The first-order valence-electron chi connectivity index (χ1n) is 9.11. The number of anilines is 1. The zero-order chi connectivity index (χ0) is 19.4. The quantitative estimate of drug-likeness (QED) is 0.718. The van der Waals surface area contributed by atoms with E-state index in [1.807, 2.05) is 12.1 Å². The lowest BCUT2D eigenvalue weighted by Gasteiger charge is -2.40. The first-order chi connectivity index (χ1) is 12.8. The predicted molar refractivity (Wildman–Crippen MR) is 111 cm³/mol. The Morgan fingerprint density at radius 2 is 1.75 bits per heavy atom. The van der Waals surface area contributed by atoms with Gasteiger partial charge in [0.15, 0.2) is 0 Å². The molecule has 4 nitrogen and oxygen atoms in total. The average molecular weight is 444 g/mol. The number of benzene rings is 2. The van der Waals surface area contributed by atoms with Crippen LogP contribution in [0.15, 0.2) is 42.5 Å². The van der Waals surface area contributed by atoms with Gasteiger partial charge < -0.3 is 26.9 Å². The number of hydrogen-bond acceptors (Lipinski definition) is 2. The van der Waals surface area contributed by atoms with E-state index in [2.05, 4.69) is 31.5 Å². The van der Waals surface area contributed by atoms with Gasteiger partial charge in [-0.05, 0) is 30.3 Å². The number of hydrogen-bond donors (Lipinski definition) is 1. The minimum atomic E-state index is -0.247. The molecule has 0 bridgehead atoms. The Morgan fingerprint density at radius 1 is 1.11 bits per heavy atom. The number of nitrogens with one attached hydrogen (secondary N) is 1. The molecule has 0 atom stereocenters. The molecule has 1 aliphatic rings. The molecule has 0 aliphatic carbocycles. The highest BCUT2D eigenvalue weighted by molar-refractivity contribution is 6.37. The lowest BCUT2D eigenvalue weighted by molar-refractivity contribution is -0.929. The van der Waals surface area contributed by atoms with Crippen molar-refractivity contribution in [2.45, 2.75) is 25.4 Å². The Morgan fingerprint density at radius 3 is 2.36 bits per heavy atom. The van der Waals surface area contributed by atoms with Crippen molar-refractivity contribution in [1.82, 2.24) is 0 Å². The van der Waals surface area contributed by atoms with Gasteiger partial charge in [-0.3, -0.25) is 4.79 Å². The second-order valence-electron chi connectivity index (χ2n) is 7.56. The molecule has 2 aromatic rings. The number of nitrogens with zero attached hydrogens (tertiary/aromatic N) is 1. The zero-order valence-electron chi connectivity index (χ0n) is 16.1. The van der Waals surface area contributed by atoms with Crippen molar-refractivity contribution in [2.75, 3.05) is 32.6 Å². The number of carbonyl (C=O) groups is 1. The fraction of sp³-hybridized carbons (Fsp3) is 0.381. The molecule has 0 radical (unpaired) electrons. The summed E-state index contributed by atoms with van der Waals surface area (Å²) in [7, 11) is 4.54. The van der Waals surface area contributed by atoms with E-state index in [0.29, 0.717) is 21.7 Å². The summed E-state index contributed by atoms with van der Waals surface area (Å²) in [6.07, 6.45) is 2.20. The van der Waals surface area contributed by atoms with Crippen LogP contribution in [0.5, 0.6) is 0 Å². The van der Waals surface area contributed by atoms with Gasteiger partial charge in [-0.15, -0.1) is 0 Å². The summed E-state index contributed by atoms with van der Waals surface area (Å²) in [6.45, 7) is 2.65. The van der Waals surface area contributed by atoms with Gasteiger partial charge in [0.2, 0.25) is 0 Å². The molecule has 3 rings (SSSR count). The molecule has 0 saturated carbocycles. The molecule has 0 unspecified atom stereocenters. The number of ether oxygens (including phenoxy) is 1. The number of amides is 1. The fourth-order valence-electron chi connectivity index (χ4n) is 3.55. The monoisotopic (exact) mass is 442 g/mol. The van der Waals surface area contributed by atoms with E-state index >= 15 is 0 Å². The van der Waals surface area contributed by atoms with Crippen LogP contribution in [-0.2, 0) is 11.3 Å². The van der Waals surface area contributed by atoms with Gasteiger partial charge in [0.05, 0.1) is 43.9 Å². The maximum absolute atomic E-state index is 12.4. The van der Waals surface area contributed by atoms with E-state index in [9.17, 15) is 4.79 Å². The summed E-state index contributed by atoms with van der Waals surface area (Å²) in [4.78, 5) is 12.4. The zero-order valence-corrected chi connectivity index (χ0v) is 18.3. The molecule has 1 heterocycles. The van der Waals surface area contributed by atoms with E-state index in [0.717, 1.165) is 42.8 Å². The van der Waals surface area contributed by atoms with Gasteiger partial charge in [-0.2, -0.15) is 0 Å². The van der Waals surface area contributed by atoms with Crippen molar-refractivity contribution < 1.29 is 26.4 Å². The van der Waals surface area contributed by atoms with Crippen LogP contribution < -0.4 is 17.7 Å². The second-order valence-corrected chi connectivity index (χ2v) is 8.40. The predicted octanol–water partition coefficient (Wildman–Crippen LogP) is 2.01. The van der Waals surface area contributed by atoms with Crippen molar-refractivity contribution in [3.8, 4) is 0 Å². The fourth-order valence-corrected chi connectivity index (χ4v) is 4.04. The Kier molecular flexibility index (Phi) is 8.17. The van der Waals surface area contributed by atoms with Crippen LogP contribution in [0, 0.1) is 0 Å². The summed E-state index contributed by atoms with van der Waals surface area (Å²) < 4.78 is 6.42. The molecule has 2 aromatic carbocycles. The molecule has 1 saturated heterocycles. The van der Waals surface area contributed by atoms with E-state index in [1.54, 1.807) is 18.2 Å². The van der Waals surface area contributed by atoms with Crippen LogP contribution in [-0.4, -0.2) is 43.7 Å². The summed E-state index contributed by atoms with van der Waals surface area (Å²) in [5.41, 5.74) is 2.39. The third-order valence-electron chi connectivity index (χ3n) is 5.16. The molecule has 0 spiro atoms. The first kappa shape index (κ1) is 23.0. The van der Waals surface area contributed by atoms with Crippen LogP contribution in [0.3, 0.4) is 0 Å². The molecule has 7 heteroatoms. The van der Waals surface area contributed by atoms with Gasteiger partial charge >= 0.3 is 0 Å². The Hall–Kier alpha value is -1.30. The largest absolute Gasteiger partial charge is 1.00 e. The Bertz CT molecular complexity index is 804.